The van der Waals surface area contributed by atoms with Crippen LogP contribution in [-0.4, -0.2) is 30.8 Å². The molecule has 0 amide bonds. The molecule has 1 heterocycles. The normalized spacial score (nSPS) is 35.7. The number of carbonyl (C=O) groups excluding carboxylic acids is 1. The lowest BCUT2D eigenvalue weighted by Crippen LogP contribution is -2.43. The molecule has 2 rings (SSSR count). The van der Waals surface area contributed by atoms with Gasteiger partial charge in [0.15, 0.2) is 0 Å². The molecule has 0 aromatic carbocycles. The first kappa shape index (κ1) is 14.0. The van der Waals surface area contributed by atoms with E-state index < -0.39 is 0 Å². The molecule has 2 atom stereocenters. The van der Waals surface area contributed by atoms with E-state index in [9.17, 15) is 4.79 Å². The highest BCUT2D eigenvalue weighted by Gasteiger charge is 2.36. The summed E-state index contributed by atoms with van der Waals surface area (Å²) in [6.45, 7) is 5.76. The zero-order valence-electron chi connectivity index (χ0n) is 12.0. The first-order chi connectivity index (χ1) is 8.74. The van der Waals surface area contributed by atoms with Crippen LogP contribution in [0.25, 0.3) is 0 Å². The van der Waals surface area contributed by atoms with Gasteiger partial charge in [-0.15, -0.1) is 0 Å². The van der Waals surface area contributed by atoms with Gasteiger partial charge < -0.3 is 9.69 Å². The first-order valence-electron chi connectivity index (χ1n) is 7.93. The molecule has 18 heavy (non-hydrogen) atoms. The second kappa shape index (κ2) is 6.70. The molecule has 0 spiro atoms. The van der Waals surface area contributed by atoms with Crippen molar-refractivity contribution in [3.8, 4) is 0 Å². The molecule has 104 valence electrons. The quantitative estimate of drug-likeness (QED) is 0.714. The Morgan fingerprint density at radius 1 is 1.11 bits per heavy atom. The van der Waals surface area contributed by atoms with E-state index in [-0.39, 0.29) is 5.41 Å². The Morgan fingerprint density at radius 3 is 2.39 bits per heavy atom. The van der Waals surface area contributed by atoms with Crippen molar-refractivity contribution in [2.75, 3.05) is 19.6 Å². The number of aldehydes is 1. The minimum atomic E-state index is -0.0170. The minimum Gasteiger partial charge on any atom is -0.303 e. The zero-order valence-corrected chi connectivity index (χ0v) is 12.0. The number of nitrogens with zero attached hydrogens (tertiary/aromatic N) is 1. The van der Waals surface area contributed by atoms with Crippen molar-refractivity contribution >= 4 is 6.29 Å². The molecular weight excluding hydrogens is 222 g/mol. The third-order valence-corrected chi connectivity index (χ3v) is 4.86. The predicted octanol–water partition coefficient (Wildman–Crippen LogP) is 3.65. The van der Waals surface area contributed by atoms with Gasteiger partial charge in [0.1, 0.15) is 6.29 Å². The second-order valence-electron chi connectivity index (χ2n) is 6.73. The van der Waals surface area contributed by atoms with Gasteiger partial charge in [-0.3, -0.25) is 0 Å². The van der Waals surface area contributed by atoms with Gasteiger partial charge in [-0.1, -0.05) is 39.0 Å². The summed E-state index contributed by atoms with van der Waals surface area (Å²) in [6, 6.07) is 0. The number of hydrogen-bond acceptors (Lipinski definition) is 2. The van der Waals surface area contributed by atoms with Crippen molar-refractivity contribution in [2.24, 2.45) is 11.3 Å². The average molecular weight is 251 g/mol. The number of hydrogen-bond donors (Lipinski definition) is 0. The van der Waals surface area contributed by atoms with Crippen molar-refractivity contribution in [1.82, 2.24) is 4.90 Å². The van der Waals surface area contributed by atoms with Gasteiger partial charge in [0.25, 0.3) is 0 Å². The highest BCUT2D eigenvalue weighted by Crippen LogP contribution is 2.38. The van der Waals surface area contributed by atoms with Crippen molar-refractivity contribution < 1.29 is 4.79 Å². The summed E-state index contributed by atoms with van der Waals surface area (Å²) in [7, 11) is 0. The maximum atomic E-state index is 11.6. The molecule has 1 saturated carbocycles. The van der Waals surface area contributed by atoms with Crippen LogP contribution in [0.3, 0.4) is 0 Å². The third-order valence-electron chi connectivity index (χ3n) is 4.86. The SMILES string of the molecule is CC1CCCC(C=O)(CN2CCCCCCC2)C1. The highest BCUT2D eigenvalue weighted by molar-refractivity contribution is 5.60. The average Bonchev–Trinajstić information content (AvgIpc) is 2.33. The number of rotatable bonds is 3. The molecule has 0 bridgehead atoms. The van der Waals surface area contributed by atoms with E-state index in [1.165, 1.54) is 64.3 Å². The number of carbonyl (C=O) groups is 1. The molecule has 2 heteroatoms. The van der Waals surface area contributed by atoms with E-state index >= 15 is 0 Å². The second-order valence-corrected chi connectivity index (χ2v) is 6.73. The monoisotopic (exact) mass is 251 g/mol. The fourth-order valence-corrected chi connectivity index (χ4v) is 3.91. The minimum absolute atomic E-state index is 0.0170. The molecule has 0 aromatic rings. The predicted molar refractivity (Wildman–Crippen MR) is 75.7 cm³/mol. The van der Waals surface area contributed by atoms with Gasteiger partial charge in [0.05, 0.1) is 0 Å². The van der Waals surface area contributed by atoms with Gasteiger partial charge in [-0.05, 0) is 44.7 Å². The van der Waals surface area contributed by atoms with E-state index in [0.717, 1.165) is 25.3 Å². The maximum absolute atomic E-state index is 11.6. The summed E-state index contributed by atoms with van der Waals surface area (Å²) in [4.78, 5) is 14.2. The molecule has 2 aliphatic rings. The Hall–Kier alpha value is -0.370. The molecule has 2 nitrogen and oxygen atoms in total. The summed E-state index contributed by atoms with van der Waals surface area (Å²) in [5.41, 5.74) is -0.0170. The standard InChI is InChI=1S/C16H29NO/c1-15-8-7-9-16(12-15,14-18)13-17-10-5-3-2-4-6-11-17/h14-15H,2-13H2,1H3. The van der Waals surface area contributed by atoms with Crippen LogP contribution < -0.4 is 0 Å². The van der Waals surface area contributed by atoms with Gasteiger partial charge in [0, 0.05) is 12.0 Å². The molecule has 0 radical (unpaired) electrons. The smallest absolute Gasteiger partial charge is 0.127 e. The molecule has 2 unspecified atom stereocenters. The van der Waals surface area contributed by atoms with Crippen molar-refractivity contribution in [1.29, 1.82) is 0 Å². The highest BCUT2D eigenvalue weighted by atomic mass is 16.1. The summed E-state index contributed by atoms with van der Waals surface area (Å²) >= 11 is 0. The largest absolute Gasteiger partial charge is 0.303 e. The molecular formula is C16H29NO. The topological polar surface area (TPSA) is 20.3 Å². The van der Waals surface area contributed by atoms with Gasteiger partial charge in [0.2, 0.25) is 0 Å². The summed E-state index contributed by atoms with van der Waals surface area (Å²) < 4.78 is 0. The van der Waals surface area contributed by atoms with Crippen molar-refractivity contribution in [3.63, 3.8) is 0 Å². The molecule has 0 N–H and O–H groups in total. The lowest BCUT2D eigenvalue weighted by molar-refractivity contribution is -0.120. The van der Waals surface area contributed by atoms with E-state index in [1.54, 1.807) is 0 Å². The zero-order chi connectivity index (χ0) is 12.8. The van der Waals surface area contributed by atoms with Crippen LogP contribution in [0, 0.1) is 11.3 Å². The van der Waals surface area contributed by atoms with E-state index in [4.69, 9.17) is 0 Å². The Morgan fingerprint density at radius 2 is 1.78 bits per heavy atom. The Kier molecular flexibility index (Phi) is 5.23. The van der Waals surface area contributed by atoms with Crippen LogP contribution in [0.2, 0.25) is 0 Å². The summed E-state index contributed by atoms with van der Waals surface area (Å²) in [5.74, 6) is 0.735. The molecule has 0 aromatic heterocycles. The van der Waals surface area contributed by atoms with Crippen LogP contribution in [0.1, 0.15) is 64.7 Å². The summed E-state index contributed by atoms with van der Waals surface area (Å²) in [5, 5.41) is 0. The van der Waals surface area contributed by atoms with Crippen LogP contribution >= 0.6 is 0 Å². The molecule has 2 fully saturated rings. The van der Waals surface area contributed by atoms with Crippen LogP contribution in [0.5, 0.6) is 0 Å². The fourth-order valence-electron chi connectivity index (χ4n) is 3.91. The van der Waals surface area contributed by atoms with Crippen LogP contribution in [-0.2, 0) is 4.79 Å². The van der Waals surface area contributed by atoms with E-state index in [2.05, 4.69) is 11.8 Å². The van der Waals surface area contributed by atoms with E-state index in [1.807, 2.05) is 0 Å². The lowest BCUT2D eigenvalue weighted by atomic mass is 9.70. The lowest BCUT2D eigenvalue weighted by Gasteiger charge is -2.40. The summed E-state index contributed by atoms with van der Waals surface area (Å²) in [6.07, 6.45) is 12.9. The maximum Gasteiger partial charge on any atom is 0.127 e. The van der Waals surface area contributed by atoms with Crippen LogP contribution in [0.15, 0.2) is 0 Å². The molecule has 1 saturated heterocycles. The Balaban J connectivity index is 1.93. The van der Waals surface area contributed by atoms with Gasteiger partial charge in [-0.2, -0.15) is 0 Å². The van der Waals surface area contributed by atoms with E-state index in [0.29, 0.717) is 0 Å². The first-order valence-corrected chi connectivity index (χ1v) is 7.93. The molecule has 1 aliphatic carbocycles. The molecule has 1 aliphatic heterocycles. The Bertz CT molecular complexity index is 258. The van der Waals surface area contributed by atoms with Crippen molar-refractivity contribution in [3.05, 3.63) is 0 Å². The third kappa shape index (κ3) is 3.81. The van der Waals surface area contributed by atoms with Crippen molar-refractivity contribution in [2.45, 2.75) is 64.7 Å². The van der Waals surface area contributed by atoms with Gasteiger partial charge in [-0.25, -0.2) is 0 Å². The van der Waals surface area contributed by atoms with Gasteiger partial charge >= 0.3 is 0 Å². The Labute approximate surface area is 112 Å². The van der Waals surface area contributed by atoms with Crippen LogP contribution in [0.4, 0.5) is 0 Å². The fraction of sp³-hybridized carbons (Fsp3) is 0.938. The number of likely N-dealkylation sites (tertiary alicyclic amines) is 1.